The van der Waals surface area contributed by atoms with Crippen LogP contribution in [0, 0.1) is 18.8 Å². The number of carbonyl (C=O) groups is 3. The number of benzene rings is 1. The fraction of sp³-hybridized carbons (Fsp3) is 0.567. The molecule has 9 heteroatoms. The summed E-state index contributed by atoms with van der Waals surface area (Å²) in [5.74, 6) is -1.98. The fourth-order valence-electron chi connectivity index (χ4n) is 6.77. The first-order valence-corrected chi connectivity index (χ1v) is 14.2. The predicted molar refractivity (Wildman–Crippen MR) is 151 cm³/mol. The first kappa shape index (κ1) is 29.3. The van der Waals surface area contributed by atoms with Gasteiger partial charge in [-0.3, -0.25) is 14.4 Å². The van der Waals surface area contributed by atoms with Crippen LogP contribution < -0.4 is 4.90 Å². The second-order valence-corrected chi connectivity index (χ2v) is 11.3. The number of para-hydroxylation sites is 1. The van der Waals surface area contributed by atoms with Crippen LogP contribution in [0.4, 0.5) is 5.69 Å². The van der Waals surface area contributed by atoms with Crippen molar-refractivity contribution < 1.29 is 24.2 Å². The van der Waals surface area contributed by atoms with Crippen LogP contribution in [0.2, 0.25) is 5.02 Å². The number of aliphatic hydroxyl groups excluding tert-OH is 1. The number of likely N-dealkylation sites (tertiary alicyclic amines) is 1. The number of fused-ring (bicyclic) bond motifs is 1. The van der Waals surface area contributed by atoms with Crippen LogP contribution in [0.15, 0.2) is 43.5 Å². The van der Waals surface area contributed by atoms with Crippen molar-refractivity contribution in [1.82, 2.24) is 9.80 Å². The largest absolute Gasteiger partial charge is 0.396 e. The molecule has 0 aliphatic carbocycles. The van der Waals surface area contributed by atoms with Gasteiger partial charge in [0, 0.05) is 33.3 Å². The molecule has 5 atom stereocenters. The molecular formula is C30H40ClN3O5. The second kappa shape index (κ2) is 12.2. The summed E-state index contributed by atoms with van der Waals surface area (Å²) in [4.78, 5) is 47.1. The van der Waals surface area contributed by atoms with Gasteiger partial charge in [0.25, 0.3) is 5.91 Å². The van der Waals surface area contributed by atoms with Crippen molar-refractivity contribution in [2.24, 2.45) is 11.8 Å². The summed E-state index contributed by atoms with van der Waals surface area (Å²) in [7, 11) is 1.70. The molecule has 2 unspecified atom stereocenters. The highest BCUT2D eigenvalue weighted by Crippen LogP contribution is 2.59. The third-order valence-electron chi connectivity index (χ3n) is 8.44. The molecule has 3 fully saturated rings. The molecule has 3 amide bonds. The van der Waals surface area contributed by atoms with Crippen LogP contribution in [-0.2, 0) is 19.1 Å². The number of carbonyl (C=O) groups excluding carboxylic acids is 3. The number of aliphatic hydroxyl groups is 1. The predicted octanol–water partition coefficient (Wildman–Crippen LogP) is 3.74. The van der Waals surface area contributed by atoms with Crippen molar-refractivity contribution in [1.29, 1.82) is 0 Å². The average molecular weight is 558 g/mol. The summed E-state index contributed by atoms with van der Waals surface area (Å²) in [6.45, 7) is 10.6. The van der Waals surface area contributed by atoms with E-state index < -0.39 is 29.6 Å². The molecule has 3 heterocycles. The lowest BCUT2D eigenvalue weighted by atomic mass is 9.70. The Morgan fingerprint density at radius 2 is 1.90 bits per heavy atom. The van der Waals surface area contributed by atoms with Crippen LogP contribution in [0.25, 0.3) is 0 Å². The molecule has 3 aliphatic rings. The number of rotatable bonds is 13. The Bertz CT molecular complexity index is 1110. The Labute approximate surface area is 236 Å². The molecule has 0 aromatic heterocycles. The lowest BCUT2D eigenvalue weighted by molar-refractivity contribution is -0.144. The number of aryl methyl sites for hydroxylation is 1. The zero-order valence-electron chi connectivity index (χ0n) is 23.0. The first-order valence-electron chi connectivity index (χ1n) is 13.9. The molecule has 1 spiro atoms. The topological polar surface area (TPSA) is 90.4 Å². The summed E-state index contributed by atoms with van der Waals surface area (Å²) < 4.78 is 6.57. The van der Waals surface area contributed by atoms with E-state index in [9.17, 15) is 14.4 Å². The molecular weight excluding hydrogens is 518 g/mol. The maximum atomic E-state index is 14.6. The summed E-state index contributed by atoms with van der Waals surface area (Å²) in [6.07, 6.45) is 7.07. The van der Waals surface area contributed by atoms with Crippen molar-refractivity contribution in [2.45, 2.75) is 63.2 Å². The monoisotopic (exact) mass is 557 g/mol. The minimum absolute atomic E-state index is 0.125. The van der Waals surface area contributed by atoms with Gasteiger partial charge in [-0.1, -0.05) is 48.7 Å². The Hall–Kier alpha value is -2.68. The highest BCUT2D eigenvalue weighted by atomic mass is 35.5. The number of halogens is 1. The molecule has 3 aliphatic heterocycles. The smallest absolute Gasteiger partial charge is 0.253 e. The zero-order valence-corrected chi connectivity index (χ0v) is 23.7. The van der Waals surface area contributed by atoms with Crippen molar-refractivity contribution in [3.05, 3.63) is 54.1 Å². The Morgan fingerprint density at radius 3 is 2.56 bits per heavy atom. The molecule has 1 aromatic carbocycles. The van der Waals surface area contributed by atoms with Crippen LogP contribution in [0.3, 0.4) is 0 Å². The first-order chi connectivity index (χ1) is 18.7. The highest BCUT2D eigenvalue weighted by Gasteiger charge is 2.74. The number of anilines is 1. The van der Waals surface area contributed by atoms with E-state index in [0.29, 0.717) is 49.5 Å². The summed E-state index contributed by atoms with van der Waals surface area (Å²) in [5, 5.41) is 9.59. The van der Waals surface area contributed by atoms with Gasteiger partial charge in [-0.15, -0.1) is 13.2 Å². The molecule has 1 aromatic rings. The van der Waals surface area contributed by atoms with E-state index in [4.69, 9.17) is 21.4 Å². The van der Waals surface area contributed by atoms with Crippen molar-refractivity contribution in [2.75, 3.05) is 38.2 Å². The normalized spacial score (nSPS) is 27.0. The number of amides is 3. The van der Waals surface area contributed by atoms with E-state index in [0.717, 1.165) is 18.4 Å². The van der Waals surface area contributed by atoms with Gasteiger partial charge >= 0.3 is 0 Å². The molecule has 0 radical (unpaired) electrons. The number of nitrogens with zero attached hydrogens (tertiary/aromatic N) is 3. The van der Waals surface area contributed by atoms with E-state index in [2.05, 4.69) is 13.2 Å². The van der Waals surface area contributed by atoms with Crippen LogP contribution >= 0.6 is 11.6 Å². The third-order valence-corrected chi connectivity index (χ3v) is 8.75. The number of hydrogen-bond donors (Lipinski definition) is 1. The highest BCUT2D eigenvalue weighted by molar-refractivity contribution is 6.34. The zero-order chi connectivity index (χ0) is 28.3. The third kappa shape index (κ3) is 5.14. The van der Waals surface area contributed by atoms with Gasteiger partial charge in [-0.05, 0) is 44.2 Å². The van der Waals surface area contributed by atoms with Gasteiger partial charge in [-0.2, -0.15) is 0 Å². The van der Waals surface area contributed by atoms with Gasteiger partial charge < -0.3 is 24.5 Å². The molecule has 0 saturated carbocycles. The molecule has 2 bridgehead atoms. The molecule has 8 nitrogen and oxygen atoms in total. The lowest BCUT2D eigenvalue weighted by Gasteiger charge is -2.37. The fourth-order valence-corrected chi connectivity index (χ4v) is 7.10. The van der Waals surface area contributed by atoms with E-state index in [1.165, 1.54) is 0 Å². The number of unbranched alkanes of at least 4 members (excludes halogenated alkanes) is 3. The summed E-state index contributed by atoms with van der Waals surface area (Å²) in [5.41, 5.74) is 0.348. The minimum atomic E-state index is -1.08. The van der Waals surface area contributed by atoms with Crippen LogP contribution in [-0.4, -0.2) is 83.7 Å². The molecule has 39 heavy (non-hydrogen) atoms. The Morgan fingerprint density at radius 1 is 1.18 bits per heavy atom. The van der Waals surface area contributed by atoms with Gasteiger partial charge in [-0.25, -0.2) is 0 Å². The number of likely N-dealkylation sites (N-methyl/N-ethyl adjacent to an activating group) is 1. The SMILES string of the molecule is C=CCN(C)C(=O)[C@@H]1[C@H]2C(=O)N(CCCCCCO)C(C(=O)N(CC=C)c3c(C)cccc3Cl)C23CC[C@H]1O3. The molecule has 4 rings (SSSR count). The average Bonchev–Trinajstić information content (AvgIpc) is 3.55. The van der Waals surface area contributed by atoms with Crippen LogP contribution in [0.1, 0.15) is 44.1 Å². The maximum Gasteiger partial charge on any atom is 0.253 e. The Balaban J connectivity index is 1.74. The molecule has 3 saturated heterocycles. The van der Waals surface area contributed by atoms with Gasteiger partial charge in [0.15, 0.2) is 0 Å². The van der Waals surface area contributed by atoms with E-state index in [1.807, 2.05) is 19.1 Å². The van der Waals surface area contributed by atoms with Gasteiger partial charge in [0.05, 0.1) is 28.6 Å². The summed E-state index contributed by atoms with van der Waals surface area (Å²) >= 11 is 6.61. The minimum Gasteiger partial charge on any atom is -0.396 e. The summed E-state index contributed by atoms with van der Waals surface area (Å²) in [6, 6.07) is 4.60. The quantitative estimate of drug-likeness (QED) is 0.295. The van der Waals surface area contributed by atoms with Crippen molar-refractivity contribution in [3.8, 4) is 0 Å². The van der Waals surface area contributed by atoms with E-state index in [1.54, 1.807) is 40.0 Å². The lowest BCUT2D eigenvalue weighted by Crippen LogP contribution is -2.56. The van der Waals surface area contributed by atoms with Crippen molar-refractivity contribution >= 4 is 35.0 Å². The van der Waals surface area contributed by atoms with Gasteiger partial charge in [0.2, 0.25) is 11.8 Å². The number of ether oxygens (including phenoxy) is 1. The Kier molecular flexibility index (Phi) is 9.19. The molecule has 1 N–H and O–H groups in total. The molecule has 212 valence electrons. The van der Waals surface area contributed by atoms with E-state index >= 15 is 0 Å². The van der Waals surface area contributed by atoms with Gasteiger partial charge in [0.1, 0.15) is 11.6 Å². The van der Waals surface area contributed by atoms with Crippen LogP contribution in [0.5, 0.6) is 0 Å². The number of hydrogen-bond acceptors (Lipinski definition) is 5. The second-order valence-electron chi connectivity index (χ2n) is 10.9. The maximum absolute atomic E-state index is 14.6. The standard InChI is InChI=1S/C30H40ClN3O5/c1-5-16-32(4)27(36)23-22-14-15-30(39-22)24(23)28(37)34(18-9-7-8-10-19-35)26(30)29(38)33(17-6-2)25-20(3)12-11-13-21(25)31/h5-6,11-13,22-24,26,35H,1-2,7-10,14-19H2,3-4H3/t22-,23+,24+,26?,30?/m1/s1. The van der Waals surface area contributed by atoms with E-state index in [-0.39, 0.29) is 30.9 Å². The van der Waals surface area contributed by atoms with Crippen molar-refractivity contribution in [3.63, 3.8) is 0 Å².